The van der Waals surface area contributed by atoms with Crippen molar-refractivity contribution in [2.75, 3.05) is 5.32 Å². The number of carbonyl (C=O) groups is 1. The Labute approximate surface area is 178 Å². The molecule has 0 spiro atoms. The summed E-state index contributed by atoms with van der Waals surface area (Å²) in [4.78, 5) is 13.0. The Bertz CT molecular complexity index is 1040. The van der Waals surface area contributed by atoms with E-state index in [1.54, 1.807) is 25.1 Å². The molecule has 3 rings (SSSR count). The van der Waals surface area contributed by atoms with E-state index in [9.17, 15) is 13.6 Å². The second-order valence-electron chi connectivity index (χ2n) is 7.17. The molecule has 1 amide bonds. The highest BCUT2D eigenvalue weighted by Crippen LogP contribution is 2.29. The number of benzene rings is 2. The monoisotopic (exact) mass is 431 g/mol. The minimum Gasteiger partial charge on any atom is -0.488 e. The van der Waals surface area contributed by atoms with Crippen molar-refractivity contribution in [2.45, 2.75) is 40.9 Å². The summed E-state index contributed by atoms with van der Waals surface area (Å²) in [6.45, 7) is 5.16. The van der Waals surface area contributed by atoms with Crippen LogP contribution in [0.25, 0.3) is 0 Å². The lowest BCUT2D eigenvalue weighted by Crippen LogP contribution is -2.13. The van der Waals surface area contributed by atoms with Gasteiger partial charge in [-0.3, -0.25) is 4.79 Å². The van der Waals surface area contributed by atoms with Gasteiger partial charge in [-0.15, -0.1) is 11.3 Å². The summed E-state index contributed by atoms with van der Waals surface area (Å²) in [5.41, 5.74) is 5.11. The SMILES string of the molecule is Cc1cc(C)c(OCc2csc(C(=O)Nc3ccc(C)cc3OC(F)F)c2)c(C)c1. The van der Waals surface area contributed by atoms with Gasteiger partial charge in [0, 0.05) is 5.56 Å². The molecule has 0 radical (unpaired) electrons. The first-order valence-electron chi connectivity index (χ1n) is 9.38. The van der Waals surface area contributed by atoms with E-state index in [0.717, 1.165) is 28.0 Å². The third-order valence-electron chi connectivity index (χ3n) is 4.47. The molecule has 0 fully saturated rings. The molecule has 1 heterocycles. The molecule has 1 aromatic heterocycles. The van der Waals surface area contributed by atoms with Crippen molar-refractivity contribution >= 4 is 22.9 Å². The molecule has 0 aliphatic rings. The fourth-order valence-electron chi connectivity index (χ4n) is 3.23. The van der Waals surface area contributed by atoms with Crippen LogP contribution in [-0.4, -0.2) is 12.5 Å². The molecule has 0 bridgehead atoms. The summed E-state index contributed by atoms with van der Waals surface area (Å²) in [6, 6.07) is 10.6. The quantitative estimate of drug-likeness (QED) is 0.470. The molecule has 0 unspecified atom stereocenters. The number of nitrogens with one attached hydrogen (secondary N) is 1. The average molecular weight is 432 g/mol. The molecule has 0 saturated heterocycles. The van der Waals surface area contributed by atoms with E-state index in [0.29, 0.717) is 11.5 Å². The number of halogens is 2. The number of hydrogen-bond donors (Lipinski definition) is 1. The molecule has 158 valence electrons. The van der Waals surface area contributed by atoms with Gasteiger partial charge in [0.1, 0.15) is 18.1 Å². The topological polar surface area (TPSA) is 47.6 Å². The molecule has 0 aliphatic carbocycles. The molecular formula is C23H23F2NO3S. The summed E-state index contributed by atoms with van der Waals surface area (Å²) in [5.74, 6) is 0.381. The lowest BCUT2D eigenvalue weighted by molar-refractivity contribution is -0.0494. The Kier molecular flexibility index (Phi) is 6.72. The molecule has 0 aliphatic heterocycles. The van der Waals surface area contributed by atoms with Crippen LogP contribution in [0, 0.1) is 27.7 Å². The fraction of sp³-hybridized carbons (Fsp3) is 0.261. The van der Waals surface area contributed by atoms with Crippen molar-refractivity contribution in [2.24, 2.45) is 0 Å². The van der Waals surface area contributed by atoms with Gasteiger partial charge in [-0.1, -0.05) is 23.8 Å². The highest BCUT2D eigenvalue weighted by molar-refractivity contribution is 7.12. The smallest absolute Gasteiger partial charge is 0.387 e. The fourth-order valence-corrected chi connectivity index (χ4v) is 4.02. The summed E-state index contributed by atoms with van der Waals surface area (Å²) < 4.78 is 35.8. The van der Waals surface area contributed by atoms with E-state index < -0.39 is 12.5 Å². The molecule has 4 nitrogen and oxygen atoms in total. The highest BCUT2D eigenvalue weighted by Gasteiger charge is 2.15. The van der Waals surface area contributed by atoms with Gasteiger partial charge in [0.25, 0.3) is 5.91 Å². The van der Waals surface area contributed by atoms with Crippen LogP contribution in [0.4, 0.5) is 14.5 Å². The Balaban J connectivity index is 1.69. The van der Waals surface area contributed by atoms with Crippen LogP contribution < -0.4 is 14.8 Å². The molecule has 3 aromatic rings. The van der Waals surface area contributed by atoms with E-state index in [4.69, 9.17) is 4.74 Å². The minimum atomic E-state index is -2.97. The van der Waals surface area contributed by atoms with Crippen LogP contribution in [0.5, 0.6) is 11.5 Å². The van der Waals surface area contributed by atoms with E-state index in [-0.39, 0.29) is 11.4 Å². The number of carbonyl (C=O) groups excluding carboxylic acids is 1. The zero-order valence-electron chi connectivity index (χ0n) is 17.2. The van der Waals surface area contributed by atoms with Crippen molar-refractivity contribution in [3.63, 3.8) is 0 Å². The molecule has 2 aromatic carbocycles. The summed E-state index contributed by atoms with van der Waals surface area (Å²) in [6.07, 6.45) is 0. The van der Waals surface area contributed by atoms with Gasteiger partial charge in [-0.25, -0.2) is 0 Å². The Morgan fingerprint density at radius 2 is 1.73 bits per heavy atom. The molecule has 7 heteroatoms. The number of anilines is 1. The average Bonchev–Trinajstić information content (AvgIpc) is 3.11. The van der Waals surface area contributed by atoms with Crippen molar-refractivity contribution in [3.05, 3.63) is 74.5 Å². The maximum absolute atomic E-state index is 12.7. The summed E-state index contributed by atoms with van der Waals surface area (Å²) in [5, 5.41) is 4.49. The van der Waals surface area contributed by atoms with Crippen LogP contribution in [0.15, 0.2) is 41.8 Å². The van der Waals surface area contributed by atoms with Crippen LogP contribution in [0.3, 0.4) is 0 Å². The number of aryl methyl sites for hydroxylation is 4. The predicted octanol–water partition coefficient (Wildman–Crippen LogP) is 6.41. The van der Waals surface area contributed by atoms with Crippen molar-refractivity contribution in [3.8, 4) is 11.5 Å². The number of rotatable bonds is 7. The van der Waals surface area contributed by atoms with E-state index >= 15 is 0 Å². The van der Waals surface area contributed by atoms with Crippen molar-refractivity contribution in [1.29, 1.82) is 0 Å². The van der Waals surface area contributed by atoms with E-state index in [2.05, 4.69) is 22.2 Å². The van der Waals surface area contributed by atoms with Crippen LogP contribution in [0.2, 0.25) is 0 Å². The molecule has 0 atom stereocenters. The first-order chi connectivity index (χ1) is 14.2. The second-order valence-corrected chi connectivity index (χ2v) is 8.08. The van der Waals surface area contributed by atoms with Crippen LogP contribution in [-0.2, 0) is 6.61 Å². The van der Waals surface area contributed by atoms with Gasteiger partial charge in [-0.05, 0) is 68.0 Å². The standard InChI is InChI=1S/C23H23F2NO3S/c1-13-5-6-18(19(9-13)29-23(24)25)26-22(27)20-10-17(12-30-20)11-28-21-15(3)7-14(2)8-16(21)4/h5-10,12,23H,11H2,1-4H3,(H,26,27). The zero-order chi connectivity index (χ0) is 21.8. The number of hydrogen-bond acceptors (Lipinski definition) is 4. The normalized spacial score (nSPS) is 10.9. The number of amides is 1. The van der Waals surface area contributed by atoms with Gasteiger partial charge in [0.2, 0.25) is 0 Å². The number of alkyl halides is 2. The highest BCUT2D eigenvalue weighted by atomic mass is 32.1. The van der Waals surface area contributed by atoms with Crippen LogP contribution >= 0.6 is 11.3 Å². The van der Waals surface area contributed by atoms with Gasteiger partial charge >= 0.3 is 6.61 Å². The first-order valence-corrected chi connectivity index (χ1v) is 10.3. The summed E-state index contributed by atoms with van der Waals surface area (Å²) in [7, 11) is 0. The maximum atomic E-state index is 12.7. The third-order valence-corrected chi connectivity index (χ3v) is 5.44. The Hall–Kier alpha value is -2.93. The number of ether oxygens (including phenoxy) is 2. The molecule has 30 heavy (non-hydrogen) atoms. The van der Waals surface area contributed by atoms with Crippen LogP contribution in [0.1, 0.15) is 37.5 Å². The Morgan fingerprint density at radius 3 is 2.40 bits per heavy atom. The maximum Gasteiger partial charge on any atom is 0.387 e. The predicted molar refractivity (Wildman–Crippen MR) is 115 cm³/mol. The first kappa shape index (κ1) is 21.8. The van der Waals surface area contributed by atoms with Crippen molar-refractivity contribution < 1.29 is 23.0 Å². The second kappa shape index (κ2) is 9.26. The number of thiophene rings is 1. The zero-order valence-corrected chi connectivity index (χ0v) is 18.0. The largest absolute Gasteiger partial charge is 0.488 e. The van der Waals surface area contributed by atoms with E-state index in [1.165, 1.54) is 23.0 Å². The molecular weight excluding hydrogens is 408 g/mol. The van der Waals surface area contributed by atoms with Gasteiger partial charge in [0.15, 0.2) is 0 Å². The third kappa shape index (κ3) is 5.36. The lowest BCUT2D eigenvalue weighted by Gasteiger charge is -2.12. The van der Waals surface area contributed by atoms with Crippen molar-refractivity contribution in [1.82, 2.24) is 0 Å². The van der Waals surface area contributed by atoms with Gasteiger partial charge < -0.3 is 14.8 Å². The minimum absolute atomic E-state index is 0.0659. The molecule has 0 saturated carbocycles. The summed E-state index contributed by atoms with van der Waals surface area (Å²) >= 11 is 1.26. The van der Waals surface area contributed by atoms with Gasteiger partial charge in [0.05, 0.1) is 10.6 Å². The lowest BCUT2D eigenvalue weighted by atomic mass is 10.1. The van der Waals surface area contributed by atoms with E-state index in [1.807, 2.05) is 26.2 Å². The Morgan fingerprint density at radius 1 is 1.03 bits per heavy atom. The molecule has 1 N–H and O–H groups in total. The van der Waals surface area contributed by atoms with Gasteiger partial charge in [-0.2, -0.15) is 8.78 Å².